The van der Waals surface area contributed by atoms with Gasteiger partial charge in [0.15, 0.2) is 23.0 Å². The third-order valence-corrected chi connectivity index (χ3v) is 7.92. The third-order valence-electron chi connectivity index (χ3n) is 7.52. The van der Waals surface area contributed by atoms with E-state index in [1.165, 1.54) is 30.1 Å². The molecule has 12 nitrogen and oxygen atoms in total. The molecule has 0 saturated heterocycles. The number of methoxy groups -OCH3 is 1. The zero-order valence-electron chi connectivity index (χ0n) is 28.1. The standard InChI is InChI=1S/C35H46IN5O7/c1-6-7-20-47-27-17-13-24(14-18-27)21-29(38-34(45)48-36)30(42)23-41(40-32(43)31(35(2,3)4)39-33(44)46-5)22-25-11-15-26(16-12-25)28-10-8-9-19-37-28/h8-19,29-31,42H,6-7,20-23H2,1-5H3,(H,38,45)(H,39,44)(H,40,43)/t29-,30-,31+/m0/s1. The Kier molecular flexibility index (Phi) is 15.4. The Morgan fingerprint density at radius 3 is 2.23 bits per heavy atom. The Balaban J connectivity index is 1.85. The highest BCUT2D eigenvalue weighted by atomic mass is 127. The molecule has 1 aromatic heterocycles. The van der Waals surface area contributed by atoms with E-state index in [1.54, 1.807) is 11.2 Å². The molecule has 0 unspecified atom stereocenters. The molecular weight excluding hydrogens is 729 g/mol. The molecule has 4 N–H and O–H groups in total. The van der Waals surface area contributed by atoms with Gasteiger partial charge in [0.25, 0.3) is 5.91 Å². The highest BCUT2D eigenvalue weighted by Crippen LogP contribution is 2.22. The zero-order valence-corrected chi connectivity index (χ0v) is 30.2. The van der Waals surface area contributed by atoms with Crippen LogP contribution in [0.1, 0.15) is 51.7 Å². The first-order valence-electron chi connectivity index (χ1n) is 15.8. The van der Waals surface area contributed by atoms with Crippen molar-refractivity contribution < 1.29 is 32.0 Å². The molecule has 0 aliphatic carbocycles. The maximum absolute atomic E-state index is 13.7. The normalized spacial score (nSPS) is 13.2. The first kappa shape index (κ1) is 38.5. The van der Waals surface area contributed by atoms with Crippen LogP contribution in [0.3, 0.4) is 0 Å². The van der Waals surface area contributed by atoms with Crippen molar-refractivity contribution in [2.24, 2.45) is 5.41 Å². The van der Waals surface area contributed by atoms with Gasteiger partial charge in [-0.25, -0.2) is 14.6 Å². The molecule has 3 aromatic rings. The average Bonchev–Trinajstić information content (AvgIpc) is 3.07. The molecule has 0 radical (unpaired) electrons. The van der Waals surface area contributed by atoms with Gasteiger partial charge in [0.2, 0.25) is 0 Å². The maximum atomic E-state index is 13.7. The van der Waals surface area contributed by atoms with Gasteiger partial charge in [0.05, 0.1) is 31.6 Å². The summed E-state index contributed by atoms with van der Waals surface area (Å²) in [6.45, 7) is 8.30. The van der Waals surface area contributed by atoms with Crippen molar-refractivity contribution in [3.05, 3.63) is 84.1 Å². The van der Waals surface area contributed by atoms with Crippen molar-refractivity contribution in [3.8, 4) is 17.0 Å². The Morgan fingerprint density at radius 2 is 1.65 bits per heavy atom. The van der Waals surface area contributed by atoms with Crippen LogP contribution in [0.2, 0.25) is 0 Å². The van der Waals surface area contributed by atoms with Gasteiger partial charge in [-0.3, -0.25) is 15.2 Å². The second-order valence-corrected chi connectivity index (χ2v) is 12.9. The van der Waals surface area contributed by atoms with E-state index in [2.05, 4.69) is 28.0 Å². The fraction of sp³-hybridized carbons (Fsp3) is 0.429. The molecule has 260 valence electrons. The van der Waals surface area contributed by atoms with Gasteiger partial charge in [-0.05, 0) is 53.6 Å². The second kappa shape index (κ2) is 19.1. The number of alkyl carbamates (subject to hydrolysis) is 1. The van der Waals surface area contributed by atoms with E-state index < -0.39 is 41.7 Å². The summed E-state index contributed by atoms with van der Waals surface area (Å²) in [6.07, 6.45) is 1.37. The number of halogens is 1. The van der Waals surface area contributed by atoms with Crippen LogP contribution >= 0.6 is 23.0 Å². The molecule has 3 rings (SSSR count). The highest BCUT2D eigenvalue weighted by molar-refractivity contribution is 14.1. The number of amides is 3. The van der Waals surface area contributed by atoms with E-state index >= 15 is 0 Å². The molecule has 2 aromatic carbocycles. The molecule has 0 fully saturated rings. The first-order valence-corrected chi connectivity index (χ1v) is 16.7. The Hall–Kier alpha value is -3.95. The van der Waals surface area contributed by atoms with Gasteiger partial charge in [-0.15, -0.1) is 0 Å². The topological polar surface area (TPSA) is 151 Å². The minimum atomic E-state index is -1.16. The fourth-order valence-electron chi connectivity index (χ4n) is 4.88. The number of rotatable bonds is 16. The van der Waals surface area contributed by atoms with Crippen LogP contribution in [0.15, 0.2) is 72.9 Å². The monoisotopic (exact) mass is 775 g/mol. The molecule has 1 heterocycles. The van der Waals surface area contributed by atoms with Gasteiger partial charge in [0, 0.05) is 24.8 Å². The molecule has 0 aliphatic heterocycles. The minimum Gasteiger partial charge on any atom is -0.494 e. The van der Waals surface area contributed by atoms with Gasteiger partial charge in [-0.2, -0.15) is 0 Å². The van der Waals surface area contributed by atoms with Gasteiger partial charge >= 0.3 is 12.2 Å². The number of unbranched alkanes of at least 4 members (excludes halogenated alkanes) is 1. The van der Waals surface area contributed by atoms with E-state index in [9.17, 15) is 19.5 Å². The van der Waals surface area contributed by atoms with Crippen LogP contribution in [0.25, 0.3) is 11.3 Å². The molecule has 48 heavy (non-hydrogen) atoms. The fourth-order valence-corrected chi connectivity index (χ4v) is 5.00. The van der Waals surface area contributed by atoms with Crippen LogP contribution in [0.5, 0.6) is 5.75 Å². The first-order chi connectivity index (χ1) is 22.9. The third kappa shape index (κ3) is 12.6. The van der Waals surface area contributed by atoms with Crippen LogP contribution in [-0.2, 0) is 25.6 Å². The Bertz CT molecular complexity index is 1440. The number of pyridine rings is 1. The summed E-state index contributed by atoms with van der Waals surface area (Å²) in [5, 5.41) is 18.5. The van der Waals surface area contributed by atoms with Crippen LogP contribution in [0, 0.1) is 5.41 Å². The maximum Gasteiger partial charge on any atom is 0.416 e. The Labute approximate surface area is 296 Å². The smallest absolute Gasteiger partial charge is 0.416 e. The molecule has 0 bridgehead atoms. The number of aliphatic hydroxyl groups is 1. The number of hydrogen-bond acceptors (Lipinski definition) is 9. The molecule has 3 amide bonds. The number of carbonyl (C=O) groups excluding carboxylic acids is 3. The Morgan fingerprint density at radius 1 is 0.958 bits per heavy atom. The average molecular weight is 776 g/mol. The number of ether oxygens (including phenoxy) is 2. The summed E-state index contributed by atoms with van der Waals surface area (Å²) in [5.41, 5.74) is 5.65. The summed E-state index contributed by atoms with van der Waals surface area (Å²) in [4.78, 5) is 42.5. The summed E-state index contributed by atoms with van der Waals surface area (Å²) < 4.78 is 15.3. The number of nitrogens with zero attached hydrogens (tertiary/aromatic N) is 2. The molecule has 3 atom stereocenters. The van der Waals surface area contributed by atoms with Gasteiger partial charge in [-0.1, -0.05) is 76.6 Å². The van der Waals surface area contributed by atoms with E-state index in [0.29, 0.717) is 6.61 Å². The predicted octanol–water partition coefficient (Wildman–Crippen LogP) is 5.58. The number of aromatic nitrogens is 1. The lowest BCUT2D eigenvalue weighted by molar-refractivity contribution is -0.131. The van der Waals surface area contributed by atoms with E-state index in [0.717, 1.165) is 41.0 Å². The number of benzene rings is 2. The number of hydrogen-bond donors (Lipinski definition) is 4. The van der Waals surface area contributed by atoms with Crippen LogP contribution in [0.4, 0.5) is 9.59 Å². The summed E-state index contributed by atoms with van der Waals surface area (Å²) in [6, 6.07) is 19.1. The van der Waals surface area contributed by atoms with E-state index in [-0.39, 0.29) is 19.5 Å². The number of nitrogens with one attached hydrogen (secondary N) is 3. The highest BCUT2D eigenvalue weighted by Gasteiger charge is 2.35. The lowest BCUT2D eigenvalue weighted by Gasteiger charge is -2.34. The van der Waals surface area contributed by atoms with Crippen molar-refractivity contribution in [3.63, 3.8) is 0 Å². The number of hydrazine groups is 1. The van der Waals surface area contributed by atoms with Crippen molar-refractivity contribution in [2.45, 2.75) is 71.7 Å². The quantitative estimate of drug-likeness (QED) is 0.0831. The summed E-state index contributed by atoms with van der Waals surface area (Å²) >= 11 is 1.48. The van der Waals surface area contributed by atoms with E-state index in [1.807, 2.05) is 87.5 Å². The molecule has 0 aliphatic rings. The lowest BCUT2D eigenvalue weighted by Crippen LogP contribution is -2.59. The SMILES string of the molecule is CCCCOc1ccc(C[C@H](NC(=O)OI)[C@@H](O)CN(Cc2ccc(-c3ccccn3)cc2)NC(=O)[C@@H](NC(=O)OC)C(C)(C)C)cc1. The number of aliphatic hydroxyl groups excluding tert-OH is 1. The van der Waals surface area contributed by atoms with E-state index in [4.69, 9.17) is 12.5 Å². The van der Waals surface area contributed by atoms with Gasteiger partial charge < -0.3 is 28.3 Å². The molecule has 0 saturated carbocycles. The van der Waals surface area contributed by atoms with Gasteiger partial charge in [0.1, 0.15) is 11.8 Å². The molecule has 0 spiro atoms. The van der Waals surface area contributed by atoms with Crippen molar-refractivity contribution >= 4 is 41.1 Å². The van der Waals surface area contributed by atoms with Crippen molar-refractivity contribution in [1.29, 1.82) is 0 Å². The summed E-state index contributed by atoms with van der Waals surface area (Å²) in [5.74, 6) is 0.237. The molecular formula is C35H46IN5O7. The van der Waals surface area contributed by atoms with Crippen molar-refractivity contribution in [2.75, 3.05) is 20.3 Å². The lowest BCUT2D eigenvalue weighted by atomic mass is 9.86. The zero-order chi connectivity index (χ0) is 35.1. The van der Waals surface area contributed by atoms with Crippen molar-refractivity contribution in [1.82, 2.24) is 26.1 Å². The van der Waals surface area contributed by atoms with Crippen LogP contribution < -0.4 is 20.8 Å². The minimum absolute atomic E-state index is 0.0762. The second-order valence-electron chi connectivity index (χ2n) is 12.4. The van der Waals surface area contributed by atoms with Crippen LogP contribution in [-0.4, -0.2) is 71.6 Å². The predicted molar refractivity (Wildman–Crippen MR) is 191 cm³/mol. The summed E-state index contributed by atoms with van der Waals surface area (Å²) in [7, 11) is 1.23. The largest absolute Gasteiger partial charge is 0.494 e. The number of carbonyl (C=O) groups is 3. The molecule has 13 heteroatoms.